The van der Waals surface area contributed by atoms with E-state index >= 15 is 0 Å². The van der Waals surface area contributed by atoms with E-state index in [4.69, 9.17) is 15.0 Å². The minimum absolute atomic E-state index is 0.0215. The Labute approximate surface area is 226 Å². The van der Waals surface area contributed by atoms with E-state index in [0.29, 0.717) is 24.8 Å². The van der Waals surface area contributed by atoms with E-state index in [0.717, 1.165) is 18.4 Å². The maximum Gasteiger partial charge on any atom is 0.463 e. The first kappa shape index (κ1) is 25.6. The van der Waals surface area contributed by atoms with Crippen LogP contribution in [0.1, 0.15) is 44.7 Å². The Balaban J connectivity index is 1.19. The van der Waals surface area contributed by atoms with Gasteiger partial charge in [0, 0.05) is 12.4 Å². The lowest BCUT2D eigenvalue weighted by Crippen LogP contribution is -2.65. The molecule has 0 radical (unpaired) electrons. The highest BCUT2D eigenvalue weighted by molar-refractivity contribution is 6.47. The smallest absolute Gasteiger partial charge is 0.405 e. The molecule has 3 N–H and O–H groups in total. The van der Waals surface area contributed by atoms with Crippen LogP contribution in [0.2, 0.25) is 5.82 Å². The molecular formula is C32H39BN2O3. The Morgan fingerprint density at radius 3 is 2.47 bits per heavy atom. The predicted molar refractivity (Wildman–Crippen MR) is 153 cm³/mol. The highest BCUT2D eigenvalue weighted by Crippen LogP contribution is 2.66. The molecule has 5 nitrogen and oxygen atoms in total. The number of fused-ring (bicyclic) bond motifs is 1. The maximum atomic E-state index is 13.0. The van der Waals surface area contributed by atoms with E-state index < -0.39 is 6.04 Å². The molecule has 0 aromatic heterocycles. The van der Waals surface area contributed by atoms with Gasteiger partial charge in [0.15, 0.2) is 0 Å². The summed E-state index contributed by atoms with van der Waals surface area (Å²) < 4.78 is 13.5. The van der Waals surface area contributed by atoms with Gasteiger partial charge in [-0.25, -0.2) is 0 Å². The van der Waals surface area contributed by atoms with Gasteiger partial charge < -0.3 is 20.4 Å². The first-order valence-corrected chi connectivity index (χ1v) is 14.1. The van der Waals surface area contributed by atoms with Crippen molar-refractivity contribution in [3.05, 3.63) is 83.9 Å². The van der Waals surface area contributed by atoms with Crippen LogP contribution < -0.4 is 11.1 Å². The Kier molecular flexibility index (Phi) is 6.62. The first-order chi connectivity index (χ1) is 18.2. The second-order valence-electron chi connectivity index (χ2n) is 12.5. The monoisotopic (exact) mass is 510 g/mol. The van der Waals surface area contributed by atoms with Crippen LogP contribution in [0.15, 0.2) is 72.8 Å². The molecule has 3 aromatic carbocycles. The maximum absolute atomic E-state index is 13.0. The third-order valence-corrected chi connectivity index (χ3v) is 9.84. The summed E-state index contributed by atoms with van der Waals surface area (Å²) in [6.45, 7) is 7.47. The predicted octanol–water partition coefficient (Wildman–Crippen LogP) is 5.17. The van der Waals surface area contributed by atoms with Crippen molar-refractivity contribution in [2.24, 2.45) is 23.0 Å². The van der Waals surface area contributed by atoms with Crippen molar-refractivity contribution in [1.82, 2.24) is 5.32 Å². The topological polar surface area (TPSA) is 73.6 Å². The summed E-state index contributed by atoms with van der Waals surface area (Å²) in [5.41, 5.74) is 8.58. The molecule has 7 rings (SSSR count). The highest BCUT2D eigenvalue weighted by atomic mass is 16.7. The Hall–Kier alpha value is -2.67. The first-order valence-electron chi connectivity index (χ1n) is 14.1. The molecule has 1 heterocycles. The molecule has 3 aromatic rings. The number of carbonyl (C=O) groups excluding carboxylic acids is 1. The fraction of sp³-hybridized carbons (Fsp3) is 0.469. The fourth-order valence-electron chi connectivity index (χ4n) is 7.36. The summed E-state index contributed by atoms with van der Waals surface area (Å²) in [6.07, 6.45) is 3.64. The van der Waals surface area contributed by atoms with Gasteiger partial charge in [-0.3, -0.25) is 4.79 Å². The quantitative estimate of drug-likeness (QED) is 0.411. The molecule has 1 saturated heterocycles. The fourth-order valence-corrected chi connectivity index (χ4v) is 7.36. The SMILES string of the molecule is CC1(C)[C@H]2C[C@@H]3OB([C@@H](CNC(=O)[C@@H](N)Cc4ccccc4)Cc4ccc5ccccc5c4)O[C@]3(C)[C@@H]1C2. The summed E-state index contributed by atoms with van der Waals surface area (Å²) in [6, 6.07) is 24.3. The zero-order chi connectivity index (χ0) is 26.5. The molecule has 4 aliphatic rings. The number of nitrogens with two attached hydrogens (primary N) is 1. The molecule has 1 amide bonds. The van der Waals surface area contributed by atoms with Crippen molar-refractivity contribution >= 4 is 23.8 Å². The number of hydrogen-bond donors (Lipinski definition) is 2. The van der Waals surface area contributed by atoms with E-state index in [-0.39, 0.29) is 36.0 Å². The third kappa shape index (κ3) is 4.57. The molecular weight excluding hydrogens is 471 g/mol. The van der Waals surface area contributed by atoms with Crippen molar-refractivity contribution in [2.75, 3.05) is 6.54 Å². The second kappa shape index (κ2) is 9.82. The van der Waals surface area contributed by atoms with Crippen molar-refractivity contribution in [2.45, 2.75) is 70.0 Å². The van der Waals surface area contributed by atoms with E-state index in [1.54, 1.807) is 0 Å². The van der Waals surface area contributed by atoms with E-state index in [2.05, 4.69) is 68.6 Å². The molecule has 38 heavy (non-hydrogen) atoms. The average molecular weight is 510 g/mol. The van der Waals surface area contributed by atoms with Crippen LogP contribution in [-0.4, -0.2) is 37.3 Å². The average Bonchev–Trinajstić information content (AvgIpc) is 3.28. The summed E-state index contributed by atoms with van der Waals surface area (Å²) in [7, 11) is -0.364. The number of nitrogens with one attached hydrogen (secondary N) is 1. The molecule has 1 aliphatic heterocycles. The van der Waals surface area contributed by atoms with Gasteiger partial charge in [0.05, 0.1) is 17.7 Å². The van der Waals surface area contributed by atoms with Crippen LogP contribution in [0.5, 0.6) is 0 Å². The van der Waals surface area contributed by atoms with Gasteiger partial charge in [-0.1, -0.05) is 86.6 Å². The van der Waals surface area contributed by atoms with Crippen molar-refractivity contribution in [3.8, 4) is 0 Å². The number of hydrogen-bond acceptors (Lipinski definition) is 4. The summed E-state index contributed by atoms with van der Waals surface area (Å²) >= 11 is 0. The van der Waals surface area contributed by atoms with E-state index in [1.165, 1.54) is 22.8 Å². The van der Waals surface area contributed by atoms with Gasteiger partial charge in [-0.2, -0.15) is 0 Å². The van der Waals surface area contributed by atoms with Crippen molar-refractivity contribution in [1.29, 1.82) is 0 Å². The van der Waals surface area contributed by atoms with Crippen LogP contribution in [0.3, 0.4) is 0 Å². The van der Waals surface area contributed by atoms with Crippen molar-refractivity contribution in [3.63, 3.8) is 0 Å². The van der Waals surface area contributed by atoms with Gasteiger partial charge in [0.1, 0.15) is 0 Å². The zero-order valence-corrected chi connectivity index (χ0v) is 22.7. The lowest BCUT2D eigenvalue weighted by molar-refractivity contribution is -0.199. The Morgan fingerprint density at radius 2 is 1.71 bits per heavy atom. The van der Waals surface area contributed by atoms with Crippen LogP contribution in [0, 0.1) is 17.3 Å². The molecule has 6 heteroatoms. The molecule has 6 atom stereocenters. The summed E-state index contributed by atoms with van der Waals surface area (Å²) in [5, 5.41) is 5.59. The van der Waals surface area contributed by atoms with E-state index in [1.807, 2.05) is 30.3 Å². The van der Waals surface area contributed by atoms with E-state index in [9.17, 15) is 4.79 Å². The minimum atomic E-state index is -0.600. The molecule has 2 bridgehead atoms. The van der Waals surface area contributed by atoms with Crippen LogP contribution in [0.4, 0.5) is 0 Å². The largest absolute Gasteiger partial charge is 0.463 e. The Morgan fingerprint density at radius 1 is 0.974 bits per heavy atom. The van der Waals surface area contributed by atoms with Crippen LogP contribution >= 0.6 is 0 Å². The Bertz CT molecular complexity index is 1310. The summed E-state index contributed by atoms with van der Waals surface area (Å²) in [5.74, 6) is 1.04. The molecule has 3 saturated carbocycles. The highest BCUT2D eigenvalue weighted by Gasteiger charge is 2.68. The molecule has 0 unspecified atom stereocenters. The minimum Gasteiger partial charge on any atom is -0.405 e. The zero-order valence-electron chi connectivity index (χ0n) is 22.7. The number of amides is 1. The van der Waals surface area contributed by atoms with Gasteiger partial charge in [-0.05, 0) is 71.8 Å². The van der Waals surface area contributed by atoms with Crippen molar-refractivity contribution < 1.29 is 14.1 Å². The van der Waals surface area contributed by atoms with Gasteiger partial charge >= 0.3 is 7.12 Å². The lowest BCUT2D eigenvalue weighted by atomic mass is 9.43. The molecule has 198 valence electrons. The van der Waals surface area contributed by atoms with Gasteiger partial charge in [-0.15, -0.1) is 0 Å². The second-order valence-corrected chi connectivity index (χ2v) is 12.5. The lowest BCUT2D eigenvalue weighted by Gasteiger charge is -2.64. The molecule has 0 spiro atoms. The standard InChI is InChI=1S/C32H39BN2O3/c1-31(2)25-18-28(31)32(3)29(19-25)37-33(38-32)26(16-22-13-14-23-11-7-8-12-24(23)15-22)20-35-30(36)27(34)17-21-9-5-4-6-10-21/h4-15,25-29H,16-20,34H2,1-3H3,(H,35,36)/t25-,26-,27+,28-,29+,32-/m1/s1. The van der Waals surface area contributed by atoms with Gasteiger partial charge in [0.2, 0.25) is 5.91 Å². The van der Waals surface area contributed by atoms with Crippen LogP contribution in [0.25, 0.3) is 10.8 Å². The number of carbonyl (C=O) groups is 1. The summed E-state index contributed by atoms with van der Waals surface area (Å²) in [4.78, 5) is 13.0. The van der Waals surface area contributed by atoms with Crippen LogP contribution in [-0.2, 0) is 26.9 Å². The number of benzene rings is 3. The van der Waals surface area contributed by atoms with Gasteiger partial charge in [0.25, 0.3) is 0 Å². The third-order valence-electron chi connectivity index (χ3n) is 9.84. The molecule has 4 fully saturated rings. The normalized spacial score (nSPS) is 28.8. The molecule has 3 aliphatic carbocycles. The number of rotatable bonds is 8.